The summed E-state index contributed by atoms with van der Waals surface area (Å²) in [6, 6.07) is 5.54. The maximum atomic E-state index is 13.5. The summed E-state index contributed by atoms with van der Waals surface area (Å²) < 4.78 is 13.5. The number of benzene rings is 1. The minimum Gasteiger partial charge on any atom is -0.309 e. The highest BCUT2D eigenvalue weighted by atomic mass is 35.5. The summed E-state index contributed by atoms with van der Waals surface area (Å²) in [4.78, 5) is 2.41. The Labute approximate surface area is 119 Å². The normalized spacial score (nSPS) is 28.6. The van der Waals surface area contributed by atoms with Gasteiger partial charge in [-0.05, 0) is 38.0 Å². The third kappa shape index (κ3) is 3.47. The van der Waals surface area contributed by atoms with Gasteiger partial charge in [0, 0.05) is 31.2 Å². The van der Waals surface area contributed by atoms with E-state index in [9.17, 15) is 4.39 Å². The number of hydrogen-bond acceptors (Lipinski definition) is 2. The topological polar surface area (TPSA) is 15.3 Å². The van der Waals surface area contributed by atoms with Gasteiger partial charge >= 0.3 is 0 Å². The van der Waals surface area contributed by atoms with E-state index < -0.39 is 0 Å². The van der Waals surface area contributed by atoms with Crippen LogP contribution < -0.4 is 5.32 Å². The molecule has 0 amide bonds. The van der Waals surface area contributed by atoms with Crippen LogP contribution >= 0.6 is 11.6 Å². The zero-order valence-corrected chi connectivity index (χ0v) is 12.6. The second-order valence-electron chi connectivity index (χ2n) is 5.80. The van der Waals surface area contributed by atoms with Crippen LogP contribution in [0.2, 0.25) is 5.02 Å². The standard InChI is InChI=1S/C15H22ClFN2/c1-4-15(3)10-19(11(2)8-18-15)9-12-5-6-13(16)14(17)7-12/h5-7,11,18H,4,8-10H2,1-3H3. The molecule has 2 nitrogen and oxygen atoms in total. The van der Waals surface area contributed by atoms with Crippen molar-refractivity contribution in [2.45, 2.75) is 45.3 Å². The van der Waals surface area contributed by atoms with Gasteiger partial charge < -0.3 is 5.32 Å². The van der Waals surface area contributed by atoms with Crippen molar-refractivity contribution in [3.8, 4) is 0 Å². The molecule has 0 saturated carbocycles. The predicted molar refractivity (Wildman–Crippen MR) is 78.0 cm³/mol. The first-order valence-electron chi connectivity index (χ1n) is 6.86. The van der Waals surface area contributed by atoms with Gasteiger partial charge in [0.1, 0.15) is 5.82 Å². The minimum atomic E-state index is -0.333. The molecule has 1 fully saturated rings. The van der Waals surface area contributed by atoms with Gasteiger partial charge in [0.25, 0.3) is 0 Å². The Kier molecular flexibility index (Phi) is 4.49. The Morgan fingerprint density at radius 2 is 2.26 bits per heavy atom. The molecular weight excluding hydrogens is 263 g/mol. The Morgan fingerprint density at radius 1 is 1.53 bits per heavy atom. The molecule has 0 radical (unpaired) electrons. The third-order valence-electron chi connectivity index (χ3n) is 4.15. The van der Waals surface area contributed by atoms with Crippen LogP contribution in [-0.2, 0) is 6.54 Å². The molecular formula is C15H22ClFN2. The van der Waals surface area contributed by atoms with E-state index in [0.717, 1.165) is 31.6 Å². The van der Waals surface area contributed by atoms with Crippen LogP contribution in [0.25, 0.3) is 0 Å². The van der Waals surface area contributed by atoms with Crippen LogP contribution in [0.15, 0.2) is 18.2 Å². The van der Waals surface area contributed by atoms with Gasteiger partial charge in [0.05, 0.1) is 5.02 Å². The first-order chi connectivity index (χ1) is 8.93. The highest BCUT2D eigenvalue weighted by Crippen LogP contribution is 2.22. The molecule has 2 unspecified atom stereocenters. The van der Waals surface area contributed by atoms with Gasteiger partial charge in [0.2, 0.25) is 0 Å². The summed E-state index contributed by atoms with van der Waals surface area (Å²) in [5, 5.41) is 3.78. The number of piperazine rings is 1. The summed E-state index contributed by atoms with van der Waals surface area (Å²) in [6.45, 7) is 9.37. The molecule has 19 heavy (non-hydrogen) atoms. The van der Waals surface area contributed by atoms with Gasteiger partial charge in [-0.2, -0.15) is 0 Å². The van der Waals surface area contributed by atoms with Crippen LogP contribution in [-0.4, -0.2) is 29.6 Å². The highest BCUT2D eigenvalue weighted by Gasteiger charge is 2.32. The van der Waals surface area contributed by atoms with Crippen molar-refractivity contribution in [3.05, 3.63) is 34.6 Å². The number of rotatable bonds is 3. The van der Waals surface area contributed by atoms with E-state index in [1.165, 1.54) is 0 Å². The zero-order valence-electron chi connectivity index (χ0n) is 11.8. The van der Waals surface area contributed by atoms with E-state index in [0.29, 0.717) is 6.04 Å². The van der Waals surface area contributed by atoms with E-state index >= 15 is 0 Å². The molecule has 0 aliphatic carbocycles. The number of hydrogen-bond donors (Lipinski definition) is 1. The molecule has 1 aliphatic heterocycles. The van der Waals surface area contributed by atoms with Crippen LogP contribution in [0.1, 0.15) is 32.8 Å². The van der Waals surface area contributed by atoms with E-state index in [1.807, 2.05) is 6.07 Å². The molecule has 1 N–H and O–H groups in total. The van der Waals surface area contributed by atoms with Crippen LogP contribution in [0, 0.1) is 5.82 Å². The molecule has 0 bridgehead atoms. The fourth-order valence-electron chi connectivity index (χ4n) is 2.50. The van der Waals surface area contributed by atoms with Crippen LogP contribution in [0.4, 0.5) is 4.39 Å². The van der Waals surface area contributed by atoms with Gasteiger partial charge in [0.15, 0.2) is 0 Å². The molecule has 4 heteroatoms. The van der Waals surface area contributed by atoms with Crippen molar-refractivity contribution in [1.29, 1.82) is 0 Å². The van der Waals surface area contributed by atoms with Gasteiger partial charge in [-0.15, -0.1) is 0 Å². The summed E-state index contributed by atoms with van der Waals surface area (Å²) >= 11 is 5.72. The number of nitrogens with zero attached hydrogens (tertiary/aromatic N) is 1. The van der Waals surface area contributed by atoms with Gasteiger partial charge in [-0.1, -0.05) is 24.6 Å². The third-order valence-corrected chi connectivity index (χ3v) is 4.46. The molecule has 1 aromatic rings. The van der Waals surface area contributed by atoms with E-state index in [-0.39, 0.29) is 16.4 Å². The average Bonchev–Trinajstić information content (AvgIpc) is 2.39. The summed E-state index contributed by atoms with van der Waals surface area (Å²) in [5.74, 6) is -0.333. The first-order valence-corrected chi connectivity index (χ1v) is 7.24. The Hall–Kier alpha value is -0.640. The fourth-order valence-corrected chi connectivity index (χ4v) is 2.62. The van der Waals surface area contributed by atoms with Crippen molar-refractivity contribution in [2.75, 3.05) is 13.1 Å². The lowest BCUT2D eigenvalue weighted by Gasteiger charge is -2.45. The molecule has 1 aliphatic rings. The maximum absolute atomic E-state index is 13.5. The van der Waals surface area contributed by atoms with Crippen molar-refractivity contribution in [1.82, 2.24) is 10.2 Å². The van der Waals surface area contributed by atoms with E-state index in [2.05, 4.69) is 31.0 Å². The monoisotopic (exact) mass is 284 g/mol. The summed E-state index contributed by atoms with van der Waals surface area (Å²) in [5.41, 5.74) is 1.13. The summed E-state index contributed by atoms with van der Waals surface area (Å²) in [6.07, 6.45) is 1.09. The second-order valence-corrected chi connectivity index (χ2v) is 6.20. The smallest absolute Gasteiger partial charge is 0.142 e. The number of halogens is 2. The largest absolute Gasteiger partial charge is 0.309 e. The van der Waals surface area contributed by atoms with E-state index in [4.69, 9.17) is 11.6 Å². The highest BCUT2D eigenvalue weighted by molar-refractivity contribution is 6.30. The summed E-state index contributed by atoms with van der Waals surface area (Å²) in [7, 11) is 0. The van der Waals surface area contributed by atoms with Gasteiger partial charge in [-0.3, -0.25) is 4.90 Å². The Balaban J connectivity index is 2.10. The first kappa shape index (κ1) is 14.8. The lowest BCUT2D eigenvalue weighted by molar-refractivity contribution is 0.0865. The van der Waals surface area contributed by atoms with Crippen molar-refractivity contribution >= 4 is 11.6 Å². The van der Waals surface area contributed by atoms with Crippen molar-refractivity contribution in [3.63, 3.8) is 0 Å². The molecule has 106 valence electrons. The van der Waals surface area contributed by atoms with Crippen molar-refractivity contribution in [2.24, 2.45) is 0 Å². The van der Waals surface area contributed by atoms with E-state index in [1.54, 1.807) is 12.1 Å². The predicted octanol–water partition coefficient (Wildman–Crippen LogP) is 3.44. The molecule has 0 spiro atoms. The second kappa shape index (κ2) is 5.78. The Bertz CT molecular complexity index is 452. The van der Waals surface area contributed by atoms with Gasteiger partial charge in [-0.25, -0.2) is 4.39 Å². The molecule has 1 aromatic carbocycles. The SMILES string of the molecule is CCC1(C)CN(Cc2ccc(Cl)c(F)c2)C(C)CN1. The minimum absolute atomic E-state index is 0.150. The molecule has 0 aromatic heterocycles. The Morgan fingerprint density at radius 3 is 2.89 bits per heavy atom. The number of nitrogens with one attached hydrogen (secondary N) is 1. The lowest BCUT2D eigenvalue weighted by atomic mass is 9.93. The lowest BCUT2D eigenvalue weighted by Crippen LogP contribution is -2.61. The molecule has 1 saturated heterocycles. The average molecular weight is 285 g/mol. The molecule has 2 rings (SSSR count). The molecule has 1 heterocycles. The van der Waals surface area contributed by atoms with Crippen LogP contribution in [0.3, 0.4) is 0 Å². The zero-order chi connectivity index (χ0) is 14.0. The van der Waals surface area contributed by atoms with Crippen LogP contribution in [0.5, 0.6) is 0 Å². The fraction of sp³-hybridized carbons (Fsp3) is 0.600. The maximum Gasteiger partial charge on any atom is 0.142 e. The quantitative estimate of drug-likeness (QED) is 0.915. The molecule has 2 atom stereocenters. The van der Waals surface area contributed by atoms with Crippen molar-refractivity contribution < 1.29 is 4.39 Å².